The van der Waals surface area contributed by atoms with Crippen molar-refractivity contribution in [3.05, 3.63) is 21.4 Å². The first-order valence-electron chi connectivity index (χ1n) is 7.85. The molecule has 1 atom stereocenters. The van der Waals surface area contributed by atoms with Gasteiger partial charge in [0.2, 0.25) is 5.91 Å². The number of hydrazine groups is 1. The van der Waals surface area contributed by atoms with E-state index in [1.54, 1.807) is 11.3 Å². The van der Waals surface area contributed by atoms with Crippen molar-refractivity contribution in [2.45, 2.75) is 51.9 Å². The highest BCUT2D eigenvalue weighted by molar-refractivity contribution is 7.14. The third kappa shape index (κ3) is 3.28. The van der Waals surface area contributed by atoms with Crippen LogP contribution in [0.5, 0.6) is 0 Å². The average Bonchev–Trinajstić information content (AvgIpc) is 3.12. The van der Waals surface area contributed by atoms with E-state index in [0.29, 0.717) is 10.8 Å². The highest BCUT2D eigenvalue weighted by Gasteiger charge is 2.24. The molecule has 2 aliphatic carbocycles. The summed E-state index contributed by atoms with van der Waals surface area (Å²) in [7, 11) is 0. The fraction of sp³-hybridized carbons (Fsp3) is 0.625. The molecule has 2 N–H and O–H groups in total. The second kappa shape index (κ2) is 6.18. The maximum absolute atomic E-state index is 12.1. The number of carbonyl (C=O) groups is 2. The molecule has 0 radical (unpaired) electrons. The van der Waals surface area contributed by atoms with Gasteiger partial charge in [-0.1, -0.05) is 19.8 Å². The van der Waals surface area contributed by atoms with Gasteiger partial charge in [-0.2, -0.15) is 0 Å². The van der Waals surface area contributed by atoms with Gasteiger partial charge < -0.3 is 0 Å². The van der Waals surface area contributed by atoms with E-state index >= 15 is 0 Å². The van der Waals surface area contributed by atoms with Crippen molar-refractivity contribution >= 4 is 23.2 Å². The van der Waals surface area contributed by atoms with E-state index < -0.39 is 0 Å². The van der Waals surface area contributed by atoms with Crippen LogP contribution in [-0.4, -0.2) is 11.8 Å². The average molecular weight is 306 g/mol. The normalized spacial score (nSPS) is 21.9. The minimum absolute atomic E-state index is 0.0456. The van der Waals surface area contributed by atoms with Crippen LogP contribution >= 0.6 is 11.3 Å². The van der Waals surface area contributed by atoms with E-state index in [4.69, 9.17) is 0 Å². The maximum Gasteiger partial charge on any atom is 0.279 e. The van der Waals surface area contributed by atoms with Crippen molar-refractivity contribution < 1.29 is 9.59 Å². The van der Waals surface area contributed by atoms with Crippen LogP contribution in [0.25, 0.3) is 0 Å². The summed E-state index contributed by atoms with van der Waals surface area (Å²) in [6.07, 6.45) is 7.44. The molecule has 21 heavy (non-hydrogen) atoms. The minimum atomic E-state index is -0.187. The molecule has 1 fully saturated rings. The Balaban J connectivity index is 1.57. The Hall–Kier alpha value is -1.36. The Kier molecular flexibility index (Phi) is 4.29. The van der Waals surface area contributed by atoms with E-state index in [-0.39, 0.29) is 17.7 Å². The van der Waals surface area contributed by atoms with Crippen molar-refractivity contribution in [3.63, 3.8) is 0 Å². The lowest BCUT2D eigenvalue weighted by Crippen LogP contribution is -2.43. The summed E-state index contributed by atoms with van der Waals surface area (Å²) in [6.45, 7) is 2.25. The number of hydrogen-bond donors (Lipinski definition) is 2. The second-order valence-corrected chi connectivity index (χ2v) is 7.47. The van der Waals surface area contributed by atoms with E-state index in [9.17, 15) is 9.59 Å². The third-order valence-corrected chi connectivity index (χ3v) is 5.81. The van der Waals surface area contributed by atoms with Gasteiger partial charge in [-0.3, -0.25) is 20.4 Å². The molecule has 0 saturated heterocycles. The number of fused-ring (bicyclic) bond motifs is 1. The minimum Gasteiger partial charge on any atom is -0.273 e. The number of rotatable bonds is 2. The highest BCUT2D eigenvalue weighted by Crippen LogP contribution is 2.32. The van der Waals surface area contributed by atoms with Crippen molar-refractivity contribution in [1.29, 1.82) is 0 Å². The first-order chi connectivity index (χ1) is 10.1. The van der Waals surface area contributed by atoms with Crippen LogP contribution in [-0.2, 0) is 17.6 Å². The van der Waals surface area contributed by atoms with Crippen molar-refractivity contribution in [2.75, 3.05) is 0 Å². The molecule has 4 nitrogen and oxygen atoms in total. The fourth-order valence-electron chi connectivity index (χ4n) is 3.29. The van der Waals surface area contributed by atoms with Crippen LogP contribution in [0.15, 0.2) is 6.07 Å². The fourth-order valence-corrected chi connectivity index (χ4v) is 4.39. The Morgan fingerprint density at radius 2 is 1.95 bits per heavy atom. The lowest BCUT2D eigenvalue weighted by Gasteiger charge is -2.16. The molecule has 0 aromatic carbocycles. The molecule has 0 bridgehead atoms. The van der Waals surface area contributed by atoms with Crippen LogP contribution in [0, 0.1) is 11.8 Å². The highest BCUT2D eigenvalue weighted by atomic mass is 32.1. The molecule has 114 valence electrons. The molecular weight excluding hydrogens is 284 g/mol. The first-order valence-corrected chi connectivity index (χ1v) is 8.67. The molecule has 3 rings (SSSR count). The van der Waals surface area contributed by atoms with Crippen molar-refractivity contribution in [1.82, 2.24) is 10.9 Å². The van der Waals surface area contributed by atoms with Gasteiger partial charge in [0.15, 0.2) is 0 Å². The molecular formula is C16H22N2O2S. The summed E-state index contributed by atoms with van der Waals surface area (Å²) < 4.78 is 0. The molecule has 2 amide bonds. The smallest absolute Gasteiger partial charge is 0.273 e. The van der Waals surface area contributed by atoms with Gasteiger partial charge in [-0.05, 0) is 49.7 Å². The Labute approximate surface area is 129 Å². The topological polar surface area (TPSA) is 58.2 Å². The lowest BCUT2D eigenvalue weighted by atomic mass is 9.90. The predicted octanol–water partition coefficient (Wildman–Crippen LogP) is 2.82. The molecule has 0 spiro atoms. The Morgan fingerprint density at radius 1 is 1.19 bits per heavy atom. The van der Waals surface area contributed by atoms with E-state index in [1.165, 1.54) is 16.9 Å². The quantitative estimate of drug-likeness (QED) is 0.826. The Bertz CT molecular complexity index is 546. The van der Waals surface area contributed by atoms with Crippen LogP contribution in [0.3, 0.4) is 0 Å². The summed E-state index contributed by atoms with van der Waals surface area (Å²) in [5.41, 5.74) is 6.46. The zero-order valence-electron chi connectivity index (χ0n) is 12.4. The van der Waals surface area contributed by atoms with Crippen molar-refractivity contribution in [3.8, 4) is 0 Å². The van der Waals surface area contributed by atoms with Gasteiger partial charge in [-0.25, -0.2) is 0 Å². The van der Waals surface area contributed by atoms with Gasteiger partial charge in [0, 0.05) is 10.8 Å². The summed E-state index contributed by atoms with van der Waals surface area (Å²) in [6, 6.07) is 1.99. The zero-order valence-corrected chi connectivity index (χ0v) is 13.2. The number of carbonyl (C=O) groups excluding carboxylic acids is 2. The number of nitrogens with one attached hydrogen (secondary N) is 2. The maximum atomic E-state index is 12.1. The van der Waals surface area contributed by atoms with E-state index in [0.717, 1.165) is 38.5 Å². The van der Waals surface area contributed by atoms with Crippen LogP contribution in [0.2, 0.25) is 0 Å². The number of amides is 2. The standard InChI is InChI=1S/C16H22N2O2S/c1-10-6-7-13-12(8-10)9-14(21-13)16(20)18-17-15(19)11-4-2-3-5-11/h9-11H,2-8H2,1H3,(H,17,19)(H,18,20)/t10-/m1/s1. The predicted molar refractivity (Wildman–Crippen MR) is 83.1 cm³/mol. The zero-order chi connectivity index (χ0) is 14.8. The summed E-state index contributed by atoms with van der Waals surface area (Å²) in [4.78, 5) is 26.1. The van der Waals surface area contributed by atoms with E-state index in [2.05, 4.69) is 17.8 Å². The molecule has 1 heterocycles. The van der Waals surface area contributed by atoms with Gasteiger partial charge in [0.1, 0.15) is 0 Å². The lowest BCUT2D eigenvalue weighted by molar-refractivity contribution is -0.125. The molecule has 1 saturated carbocycles. The molecule has 1 aromatic heterocycles. The third-order valence-electron chi connectivity index (χ3n) is 4.58. The molecule has 0 unspecified atom stereocenters. The van der Waals surface area contributed by atoms with Crippen LogP contribution < -0.4 is 10.9 Å². The summed E-state index contributed by atoms with van der Waals surface area (Å²) in [5, 5.41) is 0. The molecule has 1 aromatic rings. The van der Waals surface area contributed by atoms with Gasteiger partial charge in [-0.15, -0.1) is 11.3 Å². The summed E-state index contributed by atoms with van der Waals surface area (Å²) >= 11 is 1.57. The van der Waals surface area contributed by atoms with Crippen LogP contribution in [0.4, 0.5) is 0 Å². The molecule has 5 heteroatoms. The Morgan fingerprint density at radius 3 is 2.71 bits per heavy atom. The van der Waals surface area contributed by atoms with Gasteiger partial charge in [0.05, 0.1) is 4.88 Å². The largest absolute Gasteiger partial charge is 0.279 e. The monoisotopic (exact) mass is 306 g/mol. The van der Waals surface area contributed by atoms with Gasteiger partial charge in [0.25, 0.3) is 5.91 Å². The number of thiophene rings is 1. The number of aryl methyl sites for hydroxylation is 1. The second-order valence-electron chi connectivity index (χ2n) is 6.33. The van der Waals surface area contributed by atoms with Crippen LogP contribution in [0.1, 0.15) is 59.1 Å². The first kappa shape index (κ1) is 14.6. The van der Waals surface area contributed by atoms with E-state index in [1.807, 2.05) is 6.07 Å². The molecule has 2 aliphatic rings. The van der Waals surface area contributed by atoms with Crippen molar-refractivity contribution in [2.24, 2.45) is 11.8 Å². The van der Waals surface area contributed by atoms with Gasteiger partial charge >= 0.3 is 0 Å². The number of hydrogen-bond acceptors (Lipinski definition) is 3. The molecule has 0 aliphatic heterocycles. The summed E-state index contributed by atoms with van der Waals surface area (Å²) in [5.74, 6) is 0.539. The SMILES string of the molecule is C[C@@H]1CCc2sc(C(=O)NNC(=O)C3CCCC3)cc2C1.